The van der Waals surface area contributed by atoms with E-state index in [9.17, 15) is 13.2 Å². The Hall–Kier alpha value is -0.450. The molecule has 0 aliphatic carbocycles. The van der Waals surface area contributed by atoms with Crippen LogP contribution in [0.1, 0.15) is 17.9 Å². The lowest BCUT2D eigenvalue weighted by Crippen LogP contribution is -2.02. The Morgan fingerprint density at radius 3 is 2.46 bits per heavy atom. The standard InChI is InChI=1S/C8H8BrF3O/c9-5-1-2-6-3-4-7(13-6)8(10,11)12/h3-4H,1-2,5H2. The lowest BCUT2D eigenvalue weighted by atomic mass is 10.3. The lowest BCUT2D eigenvalue weighted by Gasteiger charge is -2.00. The average Bonchev–Trinajstić information content (AvgIpc) is 2.47. The number of hydrogen-bond acceptors (Lipinski definition) is 1. The van der Waals surface area contributed by atoms with Gasteiger partial charge in [0.1, 0.15) is 5.76 Å². The normalized spacial score (nSPS) is 12.0. The molecule has 1 aromatic rings. The molecular formula is C8H8BrF3O. The summed E-state index contributed by atoms with van der Waals surface area (Å²) < 4.78 is 40.7. The van der Waals surface area contributed by atoms with Crippen LogP contribution in [-0.2, 0) is 12.6 Å². The Kier molecular flexibility index (Phi) is 3.41. The molecule has 5 heteroatoms. The topological polar surface area (TPSA) is 13.1 Å². The summed E-state index contributed by atoms with van der Waals surface area (Å²) in [4.78, 5) is 0. The summed E-state index contributed by atoms with van der Waals surface area (Å²) >= 11 is 3.19. The SMILES string of the molecule is FC(F)(F)c1ccc(CCCBr)o1. The van der Waals surface area contributed by atoms with Crippen molar-refractivity contribution in [2.75, 3.05) is 5.33 Å². The molecule has 1 aromatic heterocycles. The van der Waals surface area contributed by atoms with Gasteiger partial charge in [0.25, 0.3) is 0 Å². The van der Waals surface area contributed by atoms with Gasteiger partial charge in [-0.15, -0.1) is 0 Å². The van der Waals surface area contributed by atoms with E-state index in [-0.39, 0.29) is 0 Å². The van der Waals surface area contributed by atoms with Crippen molar-refractivity contribution in [3.05, 3.63) is 23.7 Å². The number of hydrogen-bond donors (Lipinski definition) is 0. The van der Waals surface area contributed by atoms with Crippen LogP contribution < -0.4 is 0 Å². The largest absolute Gasteiger partial charge is 0.457 e. The van der Waals surface area contributed by atoms with E-state index in [1.54, 1.807) is 0 Å². The minimum absolute atomic E-state index is 0.381. The summed E-state index contributed by atoms with van der Waals surface area (Å²) in [7, 11) is 0. The van der Waals surface area contributed by atoms with Crippen LogP contribution in [0, 0.1) is 0 Å². The minimum atomic E-state index is -4.37. The highest BCUT2D eigenvalue weighted by molar-refractivity contribution is 9.09. The van der Waals surface area contributed by atoms with Crippen molar-refractivity contribution >= 4 is 15.9 Å². The van der Waals surface area contributed by atoms with Gasteiger partial charge in [0, 0.05) is 11.8 Å². The molecule has 0 aliphatic rings. The van der Waals surface area contributed by atoms with Crippen molar-refractivity contribution in [2.45, 2.75) is 19.0 Å². The fourth-order valence-electron chi connectivity index (χ4n) is 0.906. The molecule has 0 saturated carbocycles. The predicted octanol–water partition coefficient (Wildman–Crippen LogP) is 3.63. The first kappa shape index (κ1) is 10.6. The molecule has 0 spiro atoms. The van der Waals surface area contributed by atoms with Crippen LogP contribution in [0.4, 0.5) is 13.2 Å². The highest BCUT2D eigenvalue weighted by atomic mass is 79.9. The highest BCUT2D eigenvalue weighted by Crippen LogP contribution is 2.30. The molecule has 0 bridgehead atoms. The Morgan fingerprint density at radius 1 is 1.31 bits per heavy atom. The summed E-state index contributed by atoms with van der Waals surface area (Å²) in [6.45, 7) is 0. The Morgan fingerprint density at radius 2 is 2.00 bits per heavy atom. The van der Waals surface area contributed by atoms with Crippen LogP contribution >= 0.6 is 15.9 Å². The maximum Gasteiger partial charge on any atom is 0.449 e. The van der Waals surface area contributed by atoms with Gasteiger partial charge in [0.15, 0.2) is 0 Å². The molecule has 0 aliphatic heterocycles. The summed E-state index contributed by atoms with van der Waals surface area (Å²) in [5.41, 5.74) is 0. The van der Waals surface area contributed by atoms with E-state index < -0.39 is 11.9 Å². The molecule has 0 fully saturated rings. The van der Waals surface area contributed by atoms with Crippen LogP contribution in [0.25, 0.3) is 0 Å². The van der Waals surface area contributed by atoms with E-state index in [4.69, 9.17) is 0 Å². The molecule has 13 heavy (non-hydrogen) atoms. The third kappa shape index (κ3) is 3.06. The second-order valence-electron chi connectivity index (χ2n) is 2.56. The molecule has 1 rings (SSSR count). The third-order valence-electron chi connectivity index (χ3n) is 1.50. The van der Waals surface area contributed by atoms with E-state index in [1.165, 1.54) is 6.07 Å². The molecule has 1 heterocycles. The van der Waals surface area contributed by atoms with Crippen LogP contribution in [0.5, 0.6) is 0 Å². The second kappa shape index (κ2) is 4.17. The molecule has 0 saturated heterocycles. The van der Waals surface area contributed by atoms with Crippen molar-refractivity contribution in [1.29, 1.82) is 0 Å². The first-order valence-electron chi connectivity index (χ1n) is 3.76. The Labute approximate surface area is 82.0 Å². The van der Waals surface area contributed by atoms with Crippen LogP contribution in [0.2, 0.25) is 0 Å². The van der Waals surface area contributed by atoms with Gasteiger partial charge in [-0.05, 0) is 18.6 Å². The average molecular weight is 257 g/mol. The Balaban J connectivity index is 2.64. The number of aryl methyl sites for hydroxylation is 1. The smallest absolute Gasteiger partial charge is 0.449 e. The quantitative estimate of drug-likeness (QED) is 0.753. The molecule has 0 radical (unpaired) electrons. The van der Waals surface area contributed by atoms with Crippen LogP contribution in [0.15, 0.2) is 16.5 Å². The van der Waals surface area contributed by atoms with Gasteiger partial charge >= 0.3 is 6.18 Å². The molecule has 0 unspecified atom stereocenters. The fourth-order valence-corrected chi connectivity index (χ4v) is 1.19. The van der Waals surface area contributed by atoms with Gasteiger partial charge < -0.3 is 4.42 Å². The van der Waals surface area contributed by atoms with Crippen LogP contribution in [-0.4, -0.2) is 5.33 Å². The zero-order chi connectivity index (χ0) is 9.90. The first-order chi connectivity index (χ1) is 6.04. The van der Waals surface area contributed by atoms with Crippen molar-refractivity contribution in [3.63, 3.8) is 0 Å². The van der Waals surface area contributed by atoms with E-state index in [0.717, 1.165) is 17.8 Å². The van der Waals surface area contributed by atoms with Crippen molar-refractivity contribution in [1.82, 2.24) is 0 Å². The second-order valence-corrected chi connectivity index (χ2v) is 3.35. The van der Waals surface area contributed by atoms with Crippen molar-refractivity contribution in [2.24, 2.45) is 0 Å². The van der Waals surface area contributed by atoms with Gasteiger partial charge in [-0.3, -0.25) is 0 Å². The molecule has 0 amide bonds. The van der Waals surface area contributed by atoms with E-state index in [0.29, 0.717) is 12.2 Å². The maximum absolute atomic E-state index is 12.0. The van der Waals surface area contributed by atoms with Gasteiger partial charge in [0.2, 0.25) is 5.76 Å². The zero-order valence-electron chi connectivity index (χ0n) is 6.70. The van der Waals surface area contributed by atoms with Gasteiger partial charge in [-0.2, -0.15) is 13.2 Å². The lowest BCUT2D eigenvalue weighted by molar-refractivity contribution is -0.153. The molecule has 0 aromatic carbocycles. The monoisotopic (exact) mass is 256 g/mol. The molecular weight excluding hydrogens is 249 g/mol. The highest BCUT2D eigenvalue weighted by Gasteiger charge is 2.34. The van der Waals surface area contributed by atoms with E-state index >= 15 is 0 Å². The maximum atomic E-state index is 12.0. The molecule has 74 valence electrons. The Bertz CT molecular complexity index is 267. The van der Waals surface area contributed by atoms with Crippen molar-refractivity contribution in [3.8, 4) is 0 Å². The van der Waals surface area contributed by atoms with E-state index in [2.05, 4.69) is 20.3 Å². The fraction of sp³-hybridized carbons (Fsp3) is 0.500. The molecule has 1 nitrogen and oxygen atoms in total. The summed E-state index contributed by atoms with van der Waals surface area (Å²) in [6, 6.07) is 2.33. The van der Waals surface area contributed by atoms with Gasteiger partial charge in [-0.1, -0.05) is 15.9 Å². The molecule has 0 atom stereocenters. The van der Waals surface area contributed by atoms with Crippen molar-refractivity contribution < 1.29 is 17.6 Å². The first-order valence-corrected chi connectivity index (χ1v) is 4.88. The zero-order valence-corrected chi connectivity index (χ0v) is 8.28. The number of halogens is 4. The third-order valence-corrected chi connectivity index (χ3v) is 2.06. The number of furan rings is 1. The summed E-state index contributed by atoms with van der Waals surface area (Å²) in [5.74, 6) is -0.538. The number of alkyl halides is 4. The summed E-state index contributed by atoms with van der Waals surface area (Å²) in [5, 5.41) is 0.759. The van der Waals surface area contributed by atoms with Gasteiger partial charge in [-0.25, -0.2) is 0 Å². The number of rotatable bonds is 3. The predicted molar refractivity (Wildman–Crippen MR) is 45.8 cm³/mol. The van der Waals surface area contributed by atoms with Crippen LogP contribution in [0.3, 0.4) is 0 Å². The van der Waals surface area contributed by atoms with E-state index in [1.807, 2.05) is 0 Å². The molecule has 0 N–H and O–H groups in total. The summed E-state index contributed by atoms with van der Waals surface area (Å²) in [6.07, 6.45) is -3.07. The van der Waals surface area contributed by atoms with Gasteiger partial charge in [0.05, 0.1) is 0 Å². The minimum Gasteiger partial charge on any atom is -0.457 e.